The molecular formula is C12H17F3N8S2. The number of aryl methyl sites for hydroxylation is 1. The molecule has 0 radical (unpaired) electrons. The fraction of sp³-hybridized carbons (Fsp3) is 0.500. The van der Waals surface area contributed by atoms with Gasteiger partial charge in [0.1, 0.15) is 6.54 Å². The number of nitrogens with two attached hydrogens (primary N) is 2. The minimum atomic E-state index is -4.38. The summed E-state index contributed by atoms with van der Waals surface area (Å²) in [5.41, 5.74) is 11.8. The van der Waals surface area contributed by atoms with E-state index in [1.165, 1.54) is 11.3 Å². The molecule has 2 rings (SSSR count). The van der Waals surface area contributed by atoms with Gasteiger partial charge in [0, 0.05) is 11.9 Å². The summed E-state index contributed by atoms with van der Waals surface area (Å²) in [7, 11) is 0. The lowest BCUT2D eigenvalue weighted by molar-refractivity contribution is -0.118. The van der Waals surface area contributed by atoms with Crippen LogP contribution in [0.2, 0.25) is 0 Å². The van der Waals surface area contributed by atoms with Crippen LogP contribution in [-0.2, 0) is 6.42 Å². The zero-order chi connectivity index (χ0) is 18.3. The number of halogens is 3. The summed E-state index contributed by atoms with van der Waals surface area (Å²) in [5, 5.41) is 7.89. The van der Waals surface area contributed by atoms with Gasteiger partial charge < -0.3 is 22.1 Å². The standard InChI is InChI=1S/C12H17F3N8S2/c13-12(14,15)6-19-10(17)21-11-20-7(5-24-11)3-1-2-4-18-9-8(16)22-25-23-9/h5H,1-4,6H2,(H2,16,22)(H,18,23)(H3,17,19,20,21). The van der Waals surface area contributed by atoms with Crippen molar-refractivity contribution >= 4 is 45.8 Å². The molecule has 8 nitrogen and oxygen atoms in total. The Morgan fingerprint density at radius 2 is 2.08 bits per heavy atom. The van der Waals surface area contributed by atoms with Gasteiger partial charge in [-0.15, -0.1) is 11.3 Å². The van der Waals surface area contributed by atoms with Gasteiger partial charge in [0.15, 0.2) is 22.7 Å². The fourth-order valence-corrected chi connectivity index (χ4v) is 2.97. The summed E-state index contributed by atoms with van der Waals surface area (Å²) in [4.78, 5) is 7.47. The summed E-state index contributed by atoms with van der Waals surface area (Å²) in [6.45, 7) is -0.613. The summed E-state index contributed by atoms with van der Waals surface area (Å²) >= 11 is 2.32. The van der Waals surface area contributed by atoms with Gasteiger partial charge in [-0.05, 0) is 19.3 Å². The smallest absolute Gasteiger partial charge is 0.380 e. The lowest BCUT2D eigenvalue weighted by Gasteiger charge is -2.04. The number of aliphatic imine (C=N–C) groups is 1. The van der Waals surface area contributed by atoms with Crippen molar-refractivity contribution in [3.63, 3.8) is 0 Å². The van der Waals surface area contributed by atoms with Crippen molar-refractivity contribution in [2.75, 3.05) is 29.5 Å². The summed E-state index contributed by atoms with van der Waals surface area (Å²) in [5.74, 6) is 0.681. The Labute approximate surface area is 149 Å². The molecule has 2 heterocycles. The molecule has 2 aromatic rings. The first-order valence-electron chi connectivity index (χ1n) is 7.23. The summed E-state index contributed by atoms with van der Waals surface area (Å²) in [6.07, 6.45) is -1.88. The molecule has 0 aliphatic heterocycles. The minimum absolute atomic E-state index is 0.308. The maximum Gasteiger partial charge on any atom is 0.408 e. The molecule has 0 atom stereocenters. The second-order valence-corrected chi connectivity index (χ2v) is 6.35. The molecule has 0 unspecified atom stereocenters. The van der Waals surface area contributed by atoms with Crippen LogP contribution >= 0.6 is 23.1 Å². The van der Waals surface area contributed by atoms with Crippen LogP contribution in [0.25, 0.3) is 0 Å². The second kappa shape index (κ2) is 8.80. The largest absolute Gasteiger partial charge is 0.408 e. The first-order chi connectivity index (χ1) is 11.8. The Balaban J connectivity index is 1.68. The molecule has 25 heavy (non-hydrogen) atoms. The number of anilines is 3. The van der Waals surface area contributed by atoms with Crippen LogP contribution in [0.3, 0.4) is 0 Å². The van der Waals surface area contributed by atoms with Crippen LogP contribution in [0.15, 0.2) is 10.4 Å². The first kappa shape index (κ1) is 19.2. The van der Waals surface area contributed by atoms with Gasteiger partial charge in [0.2, 0.25) is 0 Å². The molecule has 138 valence electrons. The van der Waals surface area contributed by atoms with Gasteiger partial charge in [-0.2, -0.15) is 21.9 Å². The molecule has 0 aliphatic carbocycles. The van der Waals surface area contributed by atoms with Gasteiger partial charge in [0.05, 0.1) is 17.4 Å². The lowest BCUT2D eigenvalue weighted by atomic mass is 10.2. The highest BCUT2D eigenvalue weighted by molar-refractivity contribution is 7.13. The van der Waals surface area contributed by atoms with E-state index in [0.717, 1.165) is 36.7 Å². The molecule has 0 bridgehead atoms. The van der Waals surface area contributed by atoms with Gasteiger partial charge in [-0.3, -0.25) is 0 Å². The van der Waals surface area contributed by atoms with Crippen molar-refractivity contribution in [1.29, 1.82) is 0 Å². The number of alkyl halides is 3. The van der Waals surface area contributed by atoms with Crippen molar-refractivity contribution in [2.45, 2.75) is 25.4 Å². The normalized spacial score (nSPS) is 12.4. The van der Waals surface area contributed by atoms with Gasteiger partial charge >= 0.3 is 6.18 Å². The molecule has 2 aromatic heterocycles. The Bertz CT molecular complexity index is 697. The van der Waals surface area contributed by atoms with Crippen molar-refractivity contribution < 1.29 is 13.2 Å². The van der Waals surface area contributed by atoms with E-state index in [-0.39, 0.29) is 5.96 Å². The number of nitrogens with zero attached hydrogens (tertiary/aromatic N) is 4. The minimum Gasteiger partial charge on any atom is -0.380 e. The molecule has 0 amide bonds. The Kier molecular flexibility index (Phi) is 6.75. The third kappa shape index (κ3) is 7.09. The summed E-state index contributed by atoms with van der Waals surface area (Å²) in [6, 6.07) is 0. The maximum absolute atomic E-state index is 12.1. The van der Waals surface area contributed by atoms with E-state index in [4.69, 9.17) is 11.5 Å². The molecule has 0 aliphatic rings. The average Bonchev–Trinajstić information content (AvgIpc) is 3.14. The SMILES string of the molecule is N/C(=N/CC(F)(F)F)Nc1nc(CCCCNc2nsnc2N)cs1. The highest BCUT2D eigenvalue weighted by atomic mass is 32.1. The first-order valence-corrected chi connectivity index (χ1v) is 8.84. The number of hydrogen-bond acceptors (Lipinski definition) is 8. The monoisotopic (exact) mass is 394 g/mol. The number of unbranched alkanes of at least 4 members (excludes halogenated alkanes) is 1. The fourth-order valence-electron chi connectivity index (χ4n) is 1.76. The molecule has 0 spiro atoms. The molecule has 0 aromatic carbocycles. The quantitative estimate of drug-likeness (QED) is 0.307. The van der Waals surface area contributed by atoms with E-state index >= 15 is 0 Å². The highest BCUT2D eigenvalue weighted by Gasteiger charge is 2.26. The van der Waals surface area contributed by atoms with Crippen LogP contribution in [0, 0.1) is 0 Å². The van der Waals surface area contributed by atoms with Gasteiger partial charge in [-0.25, -0.2) is 9.98 Å². The van der Waals surface area contributed by atoms with Crippen molar-refractivity contribution in [1.82, 2.24) is 13.7 Å². The third-order valence-electron chi connectivity index (χ3n) is 2.88. The average molecular weight is 394 g/mol. The van der Waals surface area contributed by atoms with E-state index in [1.54, 1.807) is 0 Å². The van der Waals surface area contributed by atoms with Gasteiger partial charge in [0.25, 0.3) is 0 Å². The maximum atomic E-state index is 12.1. The molecule has 0 saturated carbocycles. The van der Waals surface area contributed by atoms with Crippen molar-refractivity contribution in [3.05, 3.63) is 11.1 Å². The summed E-state index contributed by atoms with van der Waals surface area (Å²) < 4.78 is 44.0. The Morgan fingerprint density at radius 3 is 2.76 bits per heavy atom. The Hall–Kier alpha value is -2.15. The topological polar surface area (TPSA) is 127 Å². The number of rotatable bonds is 8. The number of aromatic nitrogens is 3. The zero-order valence-electron chi connectivity index (χ0n) is 13.0. The predicted octanol–water partition coefficient (Wildman–Crippen LogP) is 2.30. The van der Waals surface area contributed by atoms with E-state index in [0.29, 0.717) is 23.3 Å². The van der Waals surface area contributed by atoms with Crippen LogP contribution in [0.5, 0.6) is 0 Å². The number of nitrogen functional groups attached to an aromatic ring is 1. The molecule has 0 saturated heterocycles. The Morgan fingerprint density at radius 1 is 1.28 bits per heavy atom. The van der Waals surface area contributed by atoms with E-state index < -0.39 is 12.7 Å². The van der Waals surface area contributed by atoms with E-state index in [2.05, 4.69) is 29.4 Å². The molecule has 6 N–H and O–H groups in total. The van der Waals surface area contributed by atoms with Crippen molar-refractivity contribution in [2.24, 2.45) is 10.7 Å². The van der Waals surface area contributed by atoms with E-state index in [9.17, 15) is 13.2 Å². The lowest BCUT2D eigenvalue weighted by Crippen LogP contribution is -2.25. The van der Waals surface area contributed by atoms with Crippen LogP contribution in [0.1, 0.15) is 18.5 Å². The number of thiazole rings is 1. The van der Waals surface area contributed by atoms with Crippen LogP contribution < -0.4 is 22.1 Å². The third-order valence-corrected chi connectivity index (χ3v) is 4.23. The van der Waals surface area contributed by atoms with Crippen LogP contribution in [0.4, 0.5) is 29.9 Å². The molecule has 13 heteroatoms. The number of hydrogen-bond donors (Lipinski definition) is 4. The zero-order valence-corrected chi connectivity index (χ0v) is 14.6. The molecular weight excluding hydrogens is 377 g/mol. The highest BCUT2D eigenvalue weighted by Crippen LogP contribution is 2.18. The number of nitrogens with one attached hydrogen (secondary N) is 2. The molecule has 0 fully saturated rings. The van der Waals surface area contributed by atoms with Crippen molar-refractivity contribution in [3.8, 4) is 0 Å². The van der Waals surface area contributed by atoms with Gasteiger partial charge in [-0.1, -0.05) is 0 Å². The second-order valence-electron chi connectivity index (χ2n) is 4.97. The predicted molar refractivity (Wildman–Crippen MR) is 94.0 cm³/mol. The number of guanidine groups is 1. The van der Waals surface area contributed by atoms with E-state index in [1.807, 2.05) is 5.38 Å². The van der Waals surface area contributed by atoms with Crippen LogP contribution in [-0.4, -0.2) is 39.0 Å².